The van der Waals surface area contributed by atoms with Crippen LogP contribution in [0.25, 0.3) is 0 Å². The quantitative estimate of drug-likeness (QED) is 0.849. The second kappa shape index (κ2) is 4.83. The molecule has 0 radical (unpaired) electrons. The Balaban J connectivity index is 1.88. The standard InChI is InChI=1S/C14H24N2O/c1-11-8-13(12(2)16(11)3)9-15-10-14(17-4)6-5-7-14/h8,15H,5-7,9-10H2,1-4H3. The van der Waals surface area contributed by atoms with Crippen molar-refractivity contribution in [3.8, 4) is 0 Å². The van der Waals surface area contributed by atoms with Gasteiger partial charge in [-0.2, -0.15) is 0 Å². The van der Waals surface area contributed by atoms with Gasteiger partial charge in [-0.05, 0) is 44.7 Å². The minimum Gasteiger partial charge on any atom is -0.377 e. The number of hydrogen-bond donors (Lipinski definition) is 1. The molecule has 0 bridgehead atoms. The van der Waals surface area contributed by atoms with E-state index in [9.17, 15) is 0 Å². The summed E-state index contributed by atoms with van der Waals surface area (Å²) in [6.07, 6.45) is 3.70. The Hall–Kier alpha value is -0.800. The Kier molecular flexibility index (Phi) is 3.59. The van der Waals surface area contributed by atoms with Crippen LogP contribution in [0.5, 0.6) is 0 Å². The number of nitrogens with zero attached hydrogens (tertiary/aromatic N) is 1. The van der Waals surface area contributed by atoms with E-state index in [0.717, 1.165) is 13.1 Å². The Morgan fingerprint density at radius 1 is 1.41 bits per heavy atom. The second-order valence-electron chi connectivity index (χ2n) is 5.30. The molecule has 2 rings (SSSR count). The monoisotopic (exact) mass is 236 g/mol. The molecule has 96 valence electrons. The lowest BCUT2D eigenvalue weighted by Gasteiger charge is -2.40. The van der Waals surface area contributed by atoms with E-state index in [1.54, 1.807) is 0 Å². The zero-order valence-corrected chi connectivity index (χ0v) is 11.5. The lowest BCUT2D eigenvalue weighted by atomic mass is 9.80. The van der Waals surface area contributed by atoms with E-state index >= 15 is 0 Å². The average Bonchev–Trinajstić information content (AvgIpc) is 2.50. The number of hydrogen-bond acceptors (Lipinski definition) is 2. The molecule has 1 N–H and O–H groups in total. The molecule has 0 saturated heterocycles. The summed E-state index contributed by atoms with van der Waals surface area (Å²) in [5, 5.41) is 3.54. The minimum atomic E-state index is 0.123. The van der Waals surface area contributed by atoms with Gasteiger partial charge in [-0.1, -0.05) is 0 Å². The van der Waals surface area contributed by atoms with Gasteiger partial charge in [0.15, 0.2) is 0 Å². The smallest absolute Gasteiger partial charge is 0.0802 e. The normalized spacial score (nSPS) is 18.1. The first-order valence-electron chi connectivity index (χ1n) is 6.46. The van der Waals surface area contributed by atoms with Crippen molar-refractivity contribution >= 4 is 0 Å². The molecule has 0 aromatic carbocycles. The van der Waals surface area contributed by atoms with E-state index in [1.807, 2.05) is 7.11 Å². The maximum atomic E-state index is 5.60. The zero-order chi connectivity index (χ0) is 12.5. The van der Waals surface area contributed by atoms with Gasteiger partial charge in [-0.25, -0.2) is 0 Å². The molecule has 1 heterocycles. The predicted molar refractivity (Wildman–Crippen MR) is 70.2 cm³/mol. The van der Waals surface area contributed by atoms with Gasteiger partial charge in [-0.15, -0.1) is 0 Å². The van der Waals surface area contributed by atoms with Crippen LogP contribution in [0.1, 0.15) is 36.2 Å². The molecule has 1 aliphatic carbocycles. The van der Waals surface area contributed by atoms with Crippen molar-refractivity contribution in [1.29, 1.82) is 0 Å². The summed E-state index contributed by atoms with van der Waals surface area (Å²) in [4.78, 5) is 0. The van der Waals surface area contributed by atoms with Crippen LogP contribution >= 0.6 is 0 Å². The Labute approximate surface area is 104 Å². The van der Waals surface area contributed by atoms with Crippen molar-refractivity contribution in [3.05, 3.63) is 23.0 Å². The third-order valence-electron chi connectivity index (χ3n) is 4.34. The molecule has 0 aliphatic heterocycles. The summed E-state index contributed by atoms with van der Waals surface area (Å²) in [6, 6.07) is 2.27. The summed E-state index contributed by atoms with van der Waals surface area (Å²) in [5.41, 5.74) is 4.20. The Bertz CT molecular complexity index is 386. The van der Waals surface area contributed by atoms with Crippen LogP contribution in [0.3, 0.4) is 0 Å². The first kappa shape index (κ1) is 12.7. The highest BCUT2D eigenvalue weighted by Crippen LogP contribution is 2.34. The third-order valence-corrected chi connectivity index (χ3v) is 4.34. The lowest BCUT2D eigenvalue weighted by molar-refractivity contribution is -0.0695. The fraction of sp³-hybridized carbons (Fsp3) is 0.714. The molecular formula is C14H24N2O. The van der Waals surface area contributed by atoms with Crippen LogP contribution in [-0.4, -0.2) is 23.8 Å². The van der Waals surface area contributed by atoms with Gasteiger partial charge in [-0.3, -0.25) is 0 Å². The molecule has 1 fully saturated rings. The molecule has 3 nitrogen and oxygen atoms in total. The molecule has 17 heavy (non-hydrogen) atoms. The minimum absolute atomic E-state index is 0.123. The lowest BCUT2D eigenvalue weighted by Crippen LogP contribution is -2.47. The van der Waals surface area contributed by atoms with Gasteiger partial charge in [0.05, 0.1) is 5.60 Å². The van der Waals surface area contributed by atoms with Crippen molar-refractivity contribution in [3.63, 3.8) is 0 Å². The van der Waals surface area contributed by atoms with Gasteiger partial charge >= 0.3 is 0 Å². The maximum Gasteiger partial charge on any atom is 0.0802 e. The van der Waals surface area contributed by atoms with Crippen molar-refractivity contribution in [1.82, 2.24) is 9.88 Å². The van der Waals surface area contributed by atoms with Gasteiger partial charge in [0.1, 0.15) is 0 Å². The summed E-state index contributed by atoms with van der Waals surface area (Å²) in [6.45, 7) is 6.24. The van der Waals surface area contributed by atoms with Crippen molar-refractivity contribution in [2.75, 3.05) is 13.7 Å². The molecule has 1 aromatic rings. The van der Waals surface area contributed by atoms with E-state index in [4.69, 9.17) is 4.74 Å². The molecular weight excluding hydrogens is 212 g/mol. The third kappa shape index (κ3) is 2.40. The maximum absolute atomic E-state index is 5.60. The first-order valence-corrected chi connectivity index (χ1v) is 6.46. The molecule has 0 atom stereocenters. The highest BCUT2D eigenvalue weighted by Gasteiger charge is 2.36. The topological polar surface area (TPSA) is 26.2 Å². The van der Waals surface area contributed by atoms with Crippen molar-refractivity contribution in [2.45, 2.75) is 45.3 Å². The molecule has 1 aliphatic rings. The highest BCUT2D eigenvalue weighted by molar-refractivity contribution is 5.26. The molecule has 1 saturated carbocycles. The van der Waals surface area contributed by atoms with E-state index in [1.165, 1.54) is 36.2 Å². The van der Waals surface area contributed by atoms with Crippen molar-refractivity contribution in [2.24, 2.45) is 7.05 Å². The Morgan fingerprint density at radius 2 is 2.12 bits per heavy atom. The average molecular weight is 236 g/mol. The molecule has 1 aromatic heterocycles. The first-order chi connectivity index (χ1) is 8.08. The molecule has 0 unspecified atom stereocenters. The van der Waals surface area contributed by atoms with Crippen LogP contribution in [0.4, 0.5) is 0 Å². The van der Waals surface area contributed by atoms with E-state index in [-0.39, 0.29) is 5.60 Å². The fourth-order valence-corrected chi connectivity index (χ4v) is 2.56. The number of methoxy groups -OCH3 is 1. The summed E-state index contributed by atoms with van der Waals surface area (Å²) < 4.78 is 7.85. The van der Waals surface area contributed by atoms with E-state index in [2.05, 4.69) is 36.8 Å². The van der Waals surface area contributed by atoms with Gasteiger partial charge in [0.25, 0.3) is 0 Å². The largest absolute Gasteiger partial charge is 0.377 e. The number of aryl methyl sites for hydroxylation is 1. The highest BCUT2D eigenvalue weighted by atomic mass is 16.5. The second-order valence-corrected chi connectivity index (χ2v) is 5.30. The van der Waals surface area contributed by atoms with Gasteiger partial charge < -0.3 is 14.6 Å². The van der Waals surface area contributed by atoms with Gasteiger partial charge in [0.2, 0.25) is 0 Å². The zero-order valence-electron chi connectivity index (χ0n) is 11.5. The Morgan fingerprint density at radius 3 is 2.53 bits per heavy atom. The van der Waals surface area contributed by atoms with Crippen LogP contribution in [0.15, 0.2) is 6.07 Å². The van der Waals surface area contributed by atoms with E-state index < -0.39 is 0 Å². The van der Waals surface area contributed by atoms with Crippen LogP contribution < -0.4 is 5.32 Å². The van der Waals surface area contributed by atoms with Crippen LogP contribution in [0, 0.1) is 13.8 Å². The van der Waals surface area contributed by atoms with Crippen LogP contribution in [-0.2, 0) is 18.3 Å². The van der Waals surface area contributed by atoms with Gasteiger partial charge in [0, 0.05) is 38.6 Å². The number of ether oxygens (including phenoxy) is 1. The number of rotatable bonds is 5. The van der Waals surface area contributed by atoms with Crippen LogP contribution in [0.2, 0.25) is 0 Å². The SMILES string of the molecule is COC1(CNCc2cc(C)n(C)c2C)CCC1. The predicted octanol–water partition coefficient (Wildman–Crippen LogP) is 2.30. The molecule has 0 amide bonds. The number of aromatic nitrogens is 1. The van der Waals surface area contributed by atoms with Crippen molar-refractivity contribution < 1.29 is 4.74 Å². The van der Waals surface area contributed by atoms with E-state index in [0.29, 0.717) is 0 Å². The summed E-state index contributed by atoms with van der Waals surface area (Å²) in [7, 11) is 3.95. The fourth-order valence-electron chi connectivity index (χ4n) is 2.56. The summed E-state index contributed by atoms with van der Waals surface area (Å²) >= 11 is 0. The summed E-state index contributed by atoms with van der Waals surface area (Å²) in [5.74, 6) is 0. The number of nitrogens with one attached hydrogen (secondary N) is 1. The molecule has 0 spiro atoms. The molecule has 3 heteroatoms.